The molecule has 0 radical (unpaired) electrons. The number of carbonyl (C=O) groups excluding carboxylic acids is 2. The number of aromatic hydroxyl groups is 1. The number of rotatable bonds is 4. The van der Waals surface area contributed by atoms with E-state index < -0.39 is 40.0 Å². The zero-order valence-corrected chi connectivity index (χ0v) is 16.6. The summed E-state index contributed by atoms with van der Waals surface area (Å²) in [6.07, 6.45) is 0. The van der Waals surface area contributed by atoms with Crippen molar-refractivity contribution >= 4 is 28.8 Å². The molecule has 0 saturated carbocycles. The van der Waals surface area contributed by atoms with Gasteiger partial charge in [0.25, 0.3) is 17.4 Å². The van der Waals surface area contributed by atoms with Crippen molar-refractivity contribution in [3.05, 3.63) is 105 Å². The molecule has 3 aromatic carbocycles. The highest BCUT2D eigenvalue weighted by Gasteiger charge is 2.47. The Bertz CT molecular complexity index is 1320. The second kappa shape index (κ2) is 8.15. The molecule has 3 aromatic rings. The van der Waals surface area contributed by atoms with Crippen LogP contribution in [0.15, 0.2) is 72.3 Å². The van der Waals surface area contributed by atoms with Crippen molar-refractivity contribution in [1.29, 1.82) is 0 Å². The molecule has 10 heteroatoms. The van der Waals surface area contributed by atoms with Gasteiger partial charge in [-0.1, -0.05) is 12.1 Å². The molecule has 0 bridgehead atoms. The van der Waals surface area contributed by atoms with Crippen LogP contribution < -0.4 is 4.90 Å². The highest BCUT2D eigenvalue weighted by molar-refractivity contribution is 6.51. The summed E-state index contributed by atoms with van der Waals surface area (Å²) in [5.41, 5.74) is -0.405. The molecule has 0 aromatic heterocycles. The fourth-order valence-corrected chi connectivity index (χ4v) is 3.60. The molecule has 1 fully saturated rings. The maximum Gasteiger partial charge on any atom is 0.300 e. The van der Waals surface area contributed by atoms with E-state index >= 15 is 0 Å². The van der Waals surface area contributed by atoms with Crippen LogP contribution in [0.3, 0.4) is 0 Å². The number of Topliss-reactive ketones (excluding diaryl/α,β-unsaturated/α-hetero) is 1. The maximum atomic E-state index is 13.9. The molecule has 0 spiro atoms. The van der Waals surface area contributed by atoms with E-state index in [-0.39, 0.29) is 28.3 Å². The number of amides is 1. The molecule has 1 aliphatic rings. The Labute approximate surface area is 184 Å². The highest BCUT2D eigenvalue weighted by atomic mass is 19.2. The summed E-state index contributed by atoms with van der Waals surface area (Å²) in [5.74, 6) is -5.28. The summed E-state index contributed by atoms with van der Waals surface area (Å²) < 4.78 is 27.4. The quantitative estimate of drug-likeness (QED) is 0.201. The number of hydrogen-bond acceptors (Lipinski definition) is 6. The zero-order valence-electron chi connectivity index (χ0n) is 16.6. The van der Waals surface area contributed by atoms with Crippen LogP contribution in [-0.4, -0.2) is 26.8 Å². The van der Waals surface area contributed by atoms with Crippen LogP contribution in [0.25, 0.3) is 5.76 Å². The smallest absolute Gasteiger partial charge is 0.300 e. The lowest BCUT2D eigenvalue weighted by atomic mass is 9.95. The average molecular weight is 452 g/mol. The lowest BCUT2D eigenvalue weighted by molar-refractivity contribution is -0.384. The predicted molar refractivity (Wildman–Crippen MR) is 112 cm³/mol. The second-order valence-corrected chi connectivity index (χ2v) is 7.16. The van der Waals surface area contributed by atoms with Gasteiger partial charge in [0.05, 0.1) is 16.5 Å². The van der Waals surface area contributed by atoms with Crippen LogP contribution in [-0.2, 0) is 9.59 Å². The fraction of sp³-hybridized carbons (Fsp3) is 0.0435. The van der Waals surface area contributed by atoms with Gasteiger partial charge in [-0.25, -0.2) is 8.78 Å². The van der Waals surface area contributed by atoms with Crippen LogP contribution in [0.1, 0.15) is 17.2 Å². The van der Waals surface area contributed by atoms with Crippen molar-refractivity contribution in [2.45, 2.75) is 6.04 Å². The summed E-state index contributed by atoms with van der Waals surface area (Å²) in [6, 6.07) is 11.5. The number of phenolic OH excluding ortho intramolecular Hbond substituents is 1. The first-order valence-electron chi connectivity index (χ1n) is 9.49. The summed E-state index contributed by atoms with van der Waals surface area (Å²) in [4.78, 5) is 37.0. The third-order valence-electron chi connectivity index (χ3n) is 5.19. The molecular formula is C23H14F2N2O6. The molecule has 0 aliphatic carbocycles. The van der Waals surface area contributed by atoms with E-state index in [1.807, 2.05) is 0 Å². The number of aliphatic hydroxyl groups is 1. The lowest BCUT2D eigenvalue weighted by Crippen LogP contribution is -2.29. The van der Waals surface area contributed by atoms with Gasteiger partial charge in [0.15, 0.2) is 11.6 Å². The summed E-state index contributed by atoms with van der Waals surface area (Å²) in [6.45, 7) is 0. The summed E-state index contributed by atoms with van der Waals surface area (Å²) in [5, 5.41) is 31.4. The first-order valence-corrected chi connectivity index (χ1v) is 9.49. The van der Waals surface area contributed by atoms with Crippen molar-refractivity contribution in [3.8, 4) is 5.75 Å². The number of carbonyl (C=O) groups is 2. The zero-order chi connectivity index (χ0) is 23.9. The molecule has 8 nitrogen and oxygen atoms in total. The molecule has 1 heterocycles. The van der Waals surface area contributed by atoms with E-state index in [1.54, 1.807) is 0 Å². The Morgan fingerprint density at radius 1 is 0.939 bits per heavy atom. The number of anilines is 1. The van der Waals surface area contributed by atoms with E-state index in [4.69, 9.17) is 0 Å². The summed E-state index contributed by atoms with van der Waals surface area (Å²) >= 11 is 0. The number of ketones is 1. The van der Waals surface area contributed by atoms with Gasteiger partial charge < -0.3 is 10.2 Å². The molecule has 33 heavy (non-hydrogen) atoms. The van der Waals surface area contributed by atoms with Crippen LogP contribution in [0.2, 0.25) is 0 Å². The van der Waals surface area contributed by atoms with E-state index in [9.17, 15) is 38.7 Å². The second-order valence-electron chi connectivity index (χ2n) is 7.16. The molecule has 1 unspecified atom stereocenters. The number of benzene rings is 3. The molecule has 166 valence electrons. The van der Waals surface area contributed by atoms with Gasteiger partial charge in [0, 0.05) is 29.4 Å². The first kappa shape index (κ1) is 21.6. The topological polar surface area (TPSA) is 121 Å². The van der Waals surface area contributed by atoms with E-state index in [1.165, 1.54) is 36.4 Å². The number of phenols is 1. The molecule has 1 atom stereocenters. The normalized spacial score (nSPS) is 17.4. The fourth-order valence-electron chi connectivity index (χ4n) is 3.60. The van der Waals surface area contributed by atoms with Crippen LogP contribution >= 0.6 is 0 Å². The standard InChI is InChI=1S/C23H14F2N2O6/c24-17-10-7-15(11-18(17)25)26-20(12-3-8-16(28)9-4-12)19(22(30)23(26)31)21(29)13-1-5-14(6-2-13)27(32)33/h1-11,20,28-29H/b21-19+. The molecule has 1 saturated heterocycles. The number of nitrogens with zero attached hydrogens (tertiary/aromatic N) is 2. The van der Waals surface area contributed by atoms with Gasteiger partial charge in [0.2, 0.25) is 0 Å². The Morgan fingerprint density at radius 3 is 2.15 bits per heavy atom. The highest BCUT2D eigenvalue weighted by Crippen LogP contribution is 2.42. The number of nitro groups is 1. The lowest BCUT2D eigenvalue weighted by Gasteiger charge is -2.25. The Kier molecular flexibility index (Phi) is 5.34. The minimum Gasteiger partial charge on any atom is -0.508 e. The first-order chi connectivity index (χ1) is 15.7. The third-order valence-corrected chi connectivity index (χ3v) is 5.19. The van der Waals surface area contributed by atoms with Crippen LogP contribution in [0.4, 0.5) is 20.2 Å². The van der Waals surface area contributed by atoms with Gasteiger partial charge in [-0.15, -0.1) is 0 Å². The van der Waals surface area contributed by atoms with Gasteiger partial charge in [-0.3, -0.25) is 24.6 Å². The van der Waals surface area contributed by atoms with Crippen molar-refractivity contribution in [1.82, 2.24) is 0 Å². The molecule has 2 N–H and O–H groups in total. The van der Waals surface area contributed by atoms with Gasteiger partial charge in [0.1, 0.15) is 11.5 Å². The number of aliphatic hydroxyl groups excluding tert-OH is 1. The Balaban J connectivity index is 1.92. The molecule has 1 aliphatic heterocycles. The Hall–Kier alpha value is -4.60. The van der Waals surface area contributed by atoms with Crippen molar-refractivity contribution < 1.29 is 33.5 Å². The summed E-state index contributed by atoms with van der Waals surface area (Å²) in [7, 11) is 0. The Morgan fingerprint density at radius 2 is 1.58 bits per heavy atom. The number of non-ortho nitro benzene ring substituents is 1. The third kappa shape index (κ3) is 3.78. The molecule has 1 amide bonds. The van der Waals surface area contributed by atoms with E-state index in [0.29, 0.717) is 5.56 Å². The number of nitro benzene ring substituents is 1. The monoisotopic (exact) mass is 452 g/mol. The minimum atomic E-state index is -1.24. The van der Waals surface area contributed by atoms with Crippen molar-refractivity contribution in [3.63, 3.8) is 0 Å². The molecular weight excluding hydrogens is 438 g/mol. The SMILES string of the molecule is O=C1C(=O)N(c2ccc(F)c(F)c2)C(c2ccc(O)cc2)/C1=C(\O)c1ccc([N+](=O)[O-])cc1. The van der Waals surface area contributed by atoms with E-state index in [2.05, 4.69) is 0 Å². The number of hydrogen-bond donors (Lipinski definition) is 2. The van der Waals surface area contributed by atoms with E-state index in [0.717, 1.165) is 35.2 Å². The van der Waals surface area contributed by atoms with Crippen LogP contribution in [0.5, 0.6) is 5.75 Å². The van der Waals surface area contributed by atoms with Crippen molar-refractivity contribution in [2.75, 3.05) is 4.90 Å². The largest absolute Gasteiger partial charge is 0.508 e. The van der Waals surface area contributed by atoms with Crippen LogP contribution in [0, 0.1) is 21.7 Å². The average Bonchev–Trinajstić information content (AvgIpc) is 3.06. The van der Waals surface area contributed by atoms with Gasteiger partial charge in [-0.05, 0) is 42.0 Å². The van der Waals surface area contributed by atoms with Gasteiger partial charge in [-0.2, -0.15) is 0 Å². The number of halogens is 2. The minimum absolute atomic E-state index is 0.0349. The van der Waals surface area contributed by atoms with Gasteiger partial charge >= 0.3 is 0 Å². The predicted octanol–water partition coefficient (Wildman–Crippen LogP) is 4.20. The molecule has 4 rings (SSSR count). The van der Waals surface area contributed by atoms with Crippen molar-refractivity contribution in [2.24, 2.45) is 0 Å². The maximum absolute atomic E-state index is 13.9.